The molecule has 10 N–H and O–H groups in total. The number of fused-ring (bicyclic) bond motifs is 2. The highest BCUT2D eigenvalue weighted by Crippen LogP contribution is 2.69. The first-order valence-corrected chi connectivity index (χ1v) is 16.6. The predicted octanol–water partition coefficient (Wildman–Crippen LogP) is 0.987. The molecule has 2 fully saturated rings. The summed E-state index contributed by atoms with van der Waals surface area (Å²) in [5.74, 6) is -4.14. The Labute approximate surface area is 243 Å². The third-order valence-corrected chi connectivity index (χ3v) is 13.3. The second-order valence-corrected chi connectivity index (χ2v) is 16.4. The van der Waals surface area contributed by atoms with Crippen LogP contribution in [0.15, 0.2) is 24.3 Å². The molecule has 2 aliphatic heterocycles. The summed E-state index contributed by atoms with van der Waals surface area (Å²) < 4.78 is 28.0. The number of hydrogen-bond donors (Lipinski definition) is 8. The van der Waals surface area contributed by atoms with Crippen molar-refractivity contribution >= 4 is 61.1 Å². The number of thioether (sulfide) groups is 1. The van der Waals surface area contributed by atoms with Crippen LogP contribution in [0.2, 0.25) is 0 Å². The highest BCUT2D eigenvalue weighted by molar-refractivity contribution is 8.01. The first-order chi connectivity index (χ1) is 19.1. The topological polar surface area (TPSA) is 271 Å². The van der Waals surface area contributed by atoms with Crippen molar-refractivity contribution in [2.24, 2.45) is 11.7 Å². The van der Waals surface area contributed by atoms with E-state index in [1.807, 2.05) is 0 Å². The quantitative estimate of drug-likeness (QED) is 0.0587. The zero-order chi connectivity index (χ0) is 31.8. The molecular formula is C24H31N3O12P2S. The van der Waals surface area contributed by atoms with E-state index in [0.29, 0.717) is 5.39 Å². The van der Waals surface area contributed by atoms with E-state index in [1.54, 1.807) is 20.8 Å². The fourth-order valence-electron chi connectivity index (χ4n) is 5.33. The number of carbonyl (C=O) groups excluding carboxylic acids is 2. The van der Waals surface area contributed by atoms with E-state index in [-0.39, 0.29) is 41.0 Å². The van der Waals surface area contributed by atoms with Gasteiger partial charge in [-0.2, -0.15) is 0 Å². The molecule has 2 aromatic carbocycles. The van der Waals surface area contributed by atoms with Crippen molar-refractivity contribution in [1.82, 2.24) is 4.90 Å². The minimum Gasteiger partial charge on any atom is -0.491 e. The van der Waals surface area contributed by atoms with Gasteiger partial charge in [0.2, 0.25) is 11.6 Å². The minimum atomic E-state index is -5.66. The average molecular weight is 648 g/mol. The van der Waals surface area contributed by atoms with Crippen LogP contribution in [-0.4, -0.2) is 79.8 Å². The molecule has 1 amide bonds. The molecule has 0 bridgehead atoms. The molecule has 0 aromatic heterocycles. The lowest BCUT2D eigenvalue weighted by Crippen LogP contribution is -2.75. The number of amides is 1. The van der Waals surface area contributed by atoms with Gasteiger partial charge in [-0.25, -0.2) is 4.79 Å². The molecule has 0 saturated carbocycles. The molecule has 3 unspecified atom stereocenters. The van der Waals surface area contributed by atoms with Crippen molar-refractivity contribution in [3.8, 4) is 5.75 Å². The van der Waals surface area contributed by atoms with Gasteiger partial charge in [0, 0.05) is 6.42 Å². The van der Waals surface area contributed by atoms with Gasteiger partial charge in [-0.1, -0.05) is 18.2 Å². The first kappa shape index (κ1) is 32.4. The minimum absolute atomic E-state index is 0.00544. The van der Waals surface area contributed by atoms with Crippen LogP contribution < -0.4 is 16.2 Å². The molecule has 4 rings (SSSR count). The van der Waals surface area contributed by atoms with Crippen LogP contribution in [0.5, 0.6) is 5.75 Å². The van der Waals surface area contributed by atoms with Crippen LogP contribution in [-0.2, 0) is 25.1 Å². The monoisotopic (exact) mass is 647 g/mol. The number of benzene rings is 2. The summed E-state index contributed by atoms with van der Waals surface area (Å²) in [6, 6.07) is 5.78. The summed E-state index contributed by atoms with van der Waals surface area (Å²) in [5, 5.41) is 16.2. The Morgan fingerprint density at radius 2 is 1.74 bits per heavy atom. The molecule has 3 atom stereocenters. The molecule has 0 spiro atoms. The number of Topliss-reactive ketones (excluding diaryl/α,β-unsaturated/α-hetero) is 1. The van der Waals surface area contributed by atoms with Crippen molar-refractivity contribution in [3.05, 3.63) is 35.4 Å². The highest BCUT2D eigenvalue weighted by Gasteiger charge is 2.72. The number of aliphatic carboxylic acids is 1. The number of nitrogens with two attached hydrogens (primary N) is 2. The number of rotatable bonds is 10. The second-order valence-electron chi connectivity index (χ2n) is 10.7. The Morgan fingerprint density at radius 3 is 2.26 bits per heavy atom. The molecular weight excluding hydrogens is 616 g/mol. The summed E-state index contributed by atoms with van der Waals surface area (Å²) in [5.41, 5.74) is 10.6. The van der Waals surface area contributed by atoms with E-state index in [2.05, 4.69) is 0 Å². The zero-order valence-corrected chi connectivity index (χ0v) is 25.2. The van der Waals surface area contributed by atoms with Gasteiger partial charge >= 0.3 is 21.2 Å². The third-order valence-electron chi connectivity index (χ3n) is 7.77. The maximum Gasteiger partial charge on any atom is 0.369 e. The molecule has 42 heavy (non-hydrogen) atoms. The Hall–Kier alpha value is -2.52. The van der Waals surface area contributed by atoms with Crippen LogP contribution in [0.25, 0.3) is 10.8 Å². The van der Waals surface area contributed by atoms with Gasteiger partial charge in [0.25, 0.3) is 5.08 Å². The van der Waals surface area contributed by atoms with Crippen molar-refractivity contribution < 1.29 is 58.0 Å². The van der Waals surface area contributed by atoms with Gasteiger partial charge in [-0.3, -0.25) is 29.4 Å². The summed E-state index contributed by atoms with van der Waals surface area (Å²) in [6.07, 6.45) is -1.37. The normalized spacial score (nSPS) is 23.9. The Balaban J connectivity index is 1.76. The van der Waals surface area contributed by atoms with Crippen LogP contribution in [0.1, 0.15) is 43.1 Å². The summed E-state index contributed by atoms with van der Waals surface area (Å²) in [4.78, 5) is 78.1. The maximum atomic E-state index is 14.0. The summed E-state index contributed by atoms with van der Waals surface area (Å²) in [6.45, 7) is 4.91. The van der Waals surface area contributed by atoms with Crippen molar-refractivity contribution in [3.63, 3.8) is 0 Å². The molecule has 230 valence electrons. The van der Waals surface area contributed by atoms with Gasteiger partial charge < -0.3 is 40.3 Å². The number of nitrogens with zero attached hydrogens (tertiary/aromatic N) is 1. The SMILES string of the molecule is CCOc1c(N)cc2cc(CCC(O)(P(=O)(O)O)P(=O)(O)O)ccc2c1C(=O)C1C(=O)N2C1SC(C)(C)C2(N)C(=O)O. The zero-order valence-electron chi connectivity index (χ0n) is 22.6. The van der Waals surface area contributed by atoms with E-state index in [1.165, 1.54) is 24.3 Å². The Kier molecular flexibility index (Phi) is 7.94. The fourth-order valence-corrected chi connectivity index (χ4v) is 9.22. The maximum absolute atomic E-state index is 14.0. The molecule has 18 heteroatoms. The number of nitrogen functional groups attached to an aromatic ring is 1. The Bertz CT molecular complexity index is 1580. The average Bonchev–Trinajstić information content (AvgIpc) is 3.04. The number of ketones is 1. The molecule has 2 aromatic rings. The number of β-lactam (4-membered cyclic amide) rings is 1. The van der Waals surface area contributed by atoms with Crippen LogP contribution >= 0.6 is 27.0 Å². The van der Waals surface area contributed by atoms with Crippen molar-refractivity contribution in [2.75, 3.05) is 12.3 Å². The molecule has 0 radical (unpaired) electrons. The number of anilines is 1. The fraction of sp³-hybridized carbons (Fsp3) is 0.458. The number of carbonyl (C=O) groups is 3. The van der Waals surface area contributed by atoms with Gasteiger partial charge in [0.05, 0.1) is 28.0 Å². The molecule has 2 heterocycles. The number of ether oxygens (including phenoxy) is 1. The van der Waals surface area contributed by atoms with E-state index in [9.17, 15) is 53.3 Å². The summed E-state index contributed by atoms with van der Waals surface area (Å²) >= 11 is 1.09. The predicted molar refractivity (Wildman–Crippen MR) is 152 cm³/mol. The van der Waals surface area contributed by atoms with Crippen LogP contribution in [0, 0.1) is 5.92 Å². The largest absolute Gasteiger partial charge is 0.491 e. The van der Waals surface area contributed by atoms with E-state index >= 15 is 0 Å². The lowest BCUT2D eigenvalue weighted by atomic mass is 9.82. The molecule has 15 nitrogen and oxygen atoms in total. The van der Waals surface area contributed by atoms with E-state index in [4.69, 9.17) is 16.2 Å². The van der Waals surface area contributed by atoms with Crippen molar-refractivity contribution in [2.45, 2.75) is 54.5 Å². The standard InChI is InChI=1S/C24H31N3O12P2S/c1-4-39-18-14(25)10-12-9-11(7-8-23(32,40(33,34)35)41(36,37)38)5-6-13(12)15(18)17(28)16-19(29)27-20(16)42-22(2,3)24(27,26)21(30)31/h5-6,9-10,16,20,32H,4,7-8,25-26H2,1-3H3,(H,30,31)(H2,33,34,35)(H2,36,37,38). The number of aliphatic hydroxyl groups is 1. The lowest BCUT2D eigenvalue weighted by molar-refractivity contribution is -0.171. The second kappa shape index (κ2) is 10.3. The number of carboxylic acid groups (broad SMARTS) is 1. The third kappa shape index (κ3) is 4.66. The van der Waals surface area contributed by atoms with Gasteiger partial charge in [0.1, 0.15) is 5.92 Å². The van der Waals surface area contributed by atoms with Gasteiger partial charge in [-0.05, 0) is 49.6 Å². The smallest absolute Gasteiger partial charge is 0.369 e. The lowest BCUT2D eigenvalue weighted by Gasteiger charge is -2.47. The van der Waals surface area contributed by atoms with Crippen molar-refractivity contribution in [1.29, 1.82) is 0 Å². The van der Waals surface area contributed by atoms with Gasteiger partial charge in [-0.15, -0.1) is 11.8 Å². The van der Waals surface area contributed by atoms with Crippen LogP contribution in [0.3, 0.4) is 0 Å². The summed E-state index contributed by atoms with van der Waals surface area (Å²) in [7, 11) is -11.3. The van der Waals surface area contributed by atoms with E-state index < -0.39 is 66.1 Å². The van der Waals surface area contributed by atoms with Gasteiger partial charge in [0.15, 0.2) is 11.5 Å². The first-order valence-electron chi connectivity index (χ1n) is 12.5. The molecule has 2 aliphatic rings. The van der Waals surface area contributed by atoms with Crippen LogP contribution in [0.4, 0.5) is 5.69 Å². The number of hydrogen-bond acceptors (Lipinski definition) is 10. The number of aryl methyl sites for hydroxylation is 1. The van der Waals surface area contributed by atoms with E-state index in [0.717, 1.165) is 16.7 Å². The Morgan fingerprint density at radius 1 is 1.14 bits per heavy atom. The highest BCUT2D eigenvalue weighted by atomic mass is 32.2. The molecule has 0 aliphatic carbocycles. The number of carboxylic acids is 1. The molecule has 2 saturated heterocycles.